The lowest BCUT2D eigenvalue weighted by Crippen LogP contribution is -2.25. The molecular formula is C14H18N2O6. The van der Waals surface area contributed by atoms with Crippen molar-refractivity contribution in [2.75, 3.05) is 20.7 Å². The summed E-state index contributed by atoms with van der Waals surface area (Å²) < 4.78 is 14.5. The molecular weight excluding hydrogens is 292 g/mol. The molecule has 0 spiro atoms. The van der Waals surface area contributed by atoms with Crippen LogP contribution in [-0.4, -0.2) is 38.9 Å². The Hall–Kier alpha value is -2.77. The van der Waals surface area contributed by atoms with Crippen LogP contribution >= 0.6 is 0 Å². The number of hydrogen-bond donors (Lipinski definition) is 2. The van der Waals surface area contributed by atoms with Crippen LogP contribution in [0, 0.1) is 0 Å². The van der Waals surface area contributed by atoms with Crippen molar-refractivity contribution in [3.63, 3.8) is 0 Å². The quantitative estimate of drug-likeness (QED) is 0.626. The second-order valence-electron chi connectivity index (χ2n) is 4.18. The van der Waals surface area contributed by atoms with Crippen molar-refractivity contribution in [1.82, 2.24) is 10.6 Å². The number of rotatable bonds is 5. The summed E-state index contributed by atoms with van der Waals surface area (Å²) in [6.45, 7) is 1.59. The van der Waals surface area contributed by atoms with E-state index in [1.807, 2.05) is 0 Å². The summed E-state index contributed by atoms with van der Waals surface area (Å²) in [5.74, 6) is -0.271. The van der Waals surface area contributed by atoms with Crippen molar-refractivity contribution in [3.05, 3.63) is 23.8 Å². The van der Waals surface area contributed by atoms with Gasteiger partial charge in [0.2, 0.25) is 0 Å². The van der Waals surface area contributed by atoms with Crippen LogP contribution < -0.4 is 20.1 Å². The molecule has 2 amide bonds. The zero-order valence-electron chi connectivity index (χ0n) is 12.6. The van der Waals surface area contributed by atoms with Gasteiger partial charge >= 0.3 is 18.2 Å². The Labute approximate surface area is 127 Å². The van der Waals surface area contributed by atoms with Crippen LogP contribution in [0.25, 0.3) is 0 Å². The van der Waals surface area contributed by atoms with Gasteiger partial charge < -0.3 is 24.8 Å². The maximum absolute atomic E-state index is 11.3. The van der Waals surface area contributed by atoms with Crippen molar-refractivity contribution >= 4 is 18.2 Å². The molecule has 0 bridgehead atoms. The molecule has 0 saturated carbocycles. The molecule has 0 aliphatic rings. The molecule has 0 unspecified atom stereocenters. The molecule has 0 aromatic heterocycles. The summed E-state index contributed by atoms with van der Waals surface area (Å²) in [5.41, 5.74) is 0.784. The summed E-state index contributed by atoms with van der Waals surface area (Å²) in [4.78, 5) is 33.3. The summed E-state index contributed by atoms with van der Waals surface area (Å²) in [7, 11) is 2.69. The van der Waals surface area contributed by atoms with Crippen molar-refractivity contribution < 1.29 is 28.6 Å². The monoisotopic (exact) mass is 310 g/mol. The minimum atomic E-state index is -0.682. The molecule has 0 heterocycles. The van der Waals surface area contributed by atoms with Crippen molar-refractivity contribution in [2.45, 2.75) is 13.3 Å². The second kappa shape index (κ2) is 8.50. The number of ether oxygens (including phenoxy) is 3. The van der Waals surface area contributed by atoms with Crippen LogP contribution in [-0.2, 0) is 16.0 Å². The standard InChI is InChI=1S/C14H18N2O6/c1-9(17)21-11-5-4-10(6-7-16-14(19)20-3)8-12(11)22-13(18)15-2/h4-5,8H,6-7H2,1-3H3,(H,15,18)(H,16,19). The minimum absolute atomic E-state index is 0.116. The number of nitrogens with one attached hydrogen (secondary N) is 2. The van der Waals surface area contributed by atoms with Gasteiger partial charge in [-0.15, -0.1) is 0 Å². The highest BCUT2D eigenvalue weighted by molar-refractivity contribution is 5.74. The summed E-state index contributed by atoms with van der Waals surface area (Å²) in [6.07, 6.45) is -0.726. The van der Waals surface area contributed by atoms with Gasteiger partial charge in [-0.2, -0.15) is 0 Å². The van der Waals surface area contributed by atoms with Crippen molar-refractivity contribution in [2.24, 2.45) is 0 Å². The van der Waals surface area contributed by atoms with Gasteiger partial charge in [-0.3, -0.25) is 4.79 Å². The molecule has 1 aromatic rings. The van der Waals surface area contributed by atoms with Gasteiger partial charge in [-0.05, 0) is 24.1 Å². The van der Waals surface area contributed by atoms with Crippen LogP contribution in [0.1, 0.15) is 12.5 Å². The highest BCUT2D eigenvalue weighted by Gasteiger charge is 2.12. The van der Waals surface area contributed by atoms with E-state index in [4.69, 9.17) is 9.47 Å². The highest BCUT2D eigenvalue weighted by atomic mass is 16.6. The minimum Gasteiger partial charge on any atom is -0.453 e. The van der Waals surface area contributed by atoms with Gasteiger partial charge in [0.1, 0.15) is 0 Å². The van der Waals surface area contributed by atoms with E-state index >= 15 is 0 Å². The molecule has 1 aromatic carbocycles. The Balaban J connectivity index is 2.83. The van der Waals surface area contributed by atoms with Gasteiger partial charge in [0.25, 0.3) is 0 Å². The van der Waals surface area contributed by atoms with Crippen molar-refractivity contribution in [3.8, 4) is 11.5 Å². The molecule has 0 aliphatic carbocycles. The first-order valence-electron chi connectivity index (χ1n) is 6.49. The van der Waals surface area contributed by atoms with Gasteiger partial charge in [-0.25, -0.2) is 9.59 Å². The van der Waals surface area contributed by atoms with Gasteiger partial charge in [0.15, 0.2) is 11.5 Å². The van der Waals surface area contributed by atoms with E-state index in [1.54, 1.807) is 12.1 Å². The fraction of sp³-hybridized carbons (Fsp3) is 0.357. The van der Waals surface area contributed by atoms with E-state index < -0.39 is 18.2 Å². The lowest BCUT2D eigenvalue weighted by molar-refractivity contribution is -0.132. The topological polar surface area (TPSA) is 103 Å². The third kappa shape index (κ3) is 5.70. The van der Waals surface area contributed by atoms with E-state index in [0.29, 0.717) is 13.0 Å². The molecule has 2 N–H and O–H groups in total. The first-order chi connectivity index (χ1) is 10.5. The normalized spacial score (nSPS) is 9.59. The predicted molar refractivity (Wildman–Crippen MR) is 76.9 cm³/mol. The maximum Gasteiger partial charge on any atom is 0.412 e. The third-order valence-electron chi connectivity index (χ3n) is 2.54. The Kier molecular flexibility index (Phi) is 6.68. The summed E-state index contributed by atoms with van der Waals surface area (Å²) >= 11 is 0. The van der Waals surface area contributed by atoms with Gasteiger partial charge in [0, 0.05) is 20.5 Å². The highest BCUT2D eigenvalue weighted by Crippen LogP contribution is 2.29. The molecule has 0 saturated heterocycles. The predicted octanol–water partition coefficient (Wildman–Crippen LogP) is 1.23. The molecule has 22 heavy (non-hydrogen) atoms. The van der Waals surface area contributed by atoms with E-state index in [1.165, 1.54) is 27.1 Å². The van der Waals surface area contributed by atoms with E-state index in [9.17, 15) is 14.4 Å². The van der Waals surface area contributed by atoms with E-state index in [0.717, 1.165) is 5.56 Å². The molecule has 8 heteroatoms. The largest absolute Gasteiger partial charge is 0.453 e. The number of alkyl carbamates (subject to hydrolysis) is 1. The average Bonchev–Trinajstić information content (AvgIpc) is 2.48. The van der Waals surface area contributed by atoms with E-state index in [-0.39, 0.29) is 11.5 Å². The average molecular weight is 310 g/mol. The van der Waals surface area contributed by atoms with Crippen LogP contribution in [0.5, 0.6) is 11.5 Å². The Morgan fingerprint density at radius 3 is 2.41 bits per heavy atom. The summed E-state index contributed by atoms with van der Waals surface area (Å²) in [6, 6.07) is 4.79. The van der Waals surface area contributed by atoms with Gasteiger partial charge in [-0.1, -0.05) is 6.07 Å². The number of methoxy groups -OCH3 is 1. The Morgan fingerprint density at radius 2 is 1.82 bits per heavy atom. The first kappa shape index (κ1) is 17.3. The fourth-order valence-electron chi connectivity index (χ4n) is 1.56. The van der Waals surface area contributed by atoms with E-state index in [2.05, 4.69) is 15.4 Å². The summed E-state index contributed by atoms with van der Waals surface area (Å²) in [5, 5.41) is 4.84. The number of esters is 1. The lowest BCUT2D eigenvalue weighted by atomic mass is 10.1. The first-order valence-corrected chi connectivity index (χ1v) is 6.49. The van der Waals surface area contributed by atoms with Gasteiger partial charge in [0.05, 0.1) is 7.11 Å². The zero-order valence-corrected chi connectivity index (χ0v) is 12.6. The number of carbonyl (C=O) groups excluding carboxylic acids is 3. The SMILES string of the molecule is CNC(=O)Oc1cc(CCNC(=O)OC)ccc1OC(C)=O. The molecule has 0 aliphatic heterocycles. The van der Waals surface area contributed by atoms with Crippen LogP contribution in [0.2, 0.25) is 0 Å². The Morgan fingerprint density at radius 1 is 1.09 bits per heavy atom. The van der Waals surface area contributed by atoms with Crippen molar-refractivity contribution in [1.29, 1.82) is 0 Å². The molecule has 1 rings (SSSR count). The number of hydrogen-bond acceptors (Lipinski definition) is 6. The molecule has 0 atom stereocenters. The zero-order chi connectivity index (χ0) is 16.5. The Bertz CT molecular complexity index is 558. The molecule has 0 radical (unpaired) electrons. The second-order valence-corrected chi connectivity index (χ2v) is 4.18. The molecule has 0 fully saturated rings. The number of benzene rings is 1. The smallest absolute Gasteiger partial charge is 0.412 e. The van der Waals surface area contributed by atoms with Crippen LogP contribution in [0.3, 0.4) is 0 Å². The maximum atomic E-state index is 11.3. The van der Waals surface area contributed by atoms with Crippen LogP contribution in [0.15, 0.2) is 18.2 Å². The fourth-order valence-corrected chi connectivity index (χ4v) is 1.56. The third-order valence-corrected chi connectivity index (χ3v) is 2.54. The molecule has 8 nitrogen and oxygen atoms in total. The number of carbonyl (C=O) groups is 3. The number of amides is 2. The molecule has 120 valence electrons. The lowest BCUT2D eigenvalue weighted by Gasteiger charge is -2.11. The van der Waals surface area contributed by atoms with Crippen LogP contribution in [0.4, 0.5) is 9.59 Å².